The zero-order valence-corrected chi connectivity index (χ0v) is 11.1. The van der Waals surface area contributed by atoms with E-state index in [4.69, 9.17) is 0 Å². The van der Waals surface area contributed by atoms with Gasteiger partial charge in [0.05, 0.1) is 5.56 Å². The first-order chi connectivity index (χ1) is 9.16. The standard InChI is InChI=1S/C13H17N5O/c1-9-7-14-5-6-17(9)13(19)11-3-4-12-16-15-10(2)18(12)8-11/h3-4,8-9,14H,5-7H2,1-2H3/t9-/m1/s1. The molecule has 1 amide bonds. The van der Waals surface area contributed by atoms with Crippen LogP contribution >= 0.6 is 0 Å². The minimum absolute atomic E-state index is 0.0731. The minimum Gasteiger partial charge on any atom is -0.333 e. The number of hydrogen-bond acceptors (Lipinski definition) is 4. The number of fused-ring (bicyclic) bond motifs is 1. The smallest absolute Gasteiger partial charge is 0.255 e. The summed E-state index contributed by atoms with van der Waals surface area (Å²) in [6.45, 7) is 6.39. The maximum atomic E-state index is 12.5. The van der Waals surface area contributed by atoms with Crippen molar-refractivity contribution in [3.05, 3.63) is 29.7 Å². The summed E-state index contributed by atoms with van der Waals surface area (Å²) in [5, 5.41) is 11.3. The molecule has 0 spiro atoms. The third-order valence-corrected chi connectivity index (χ3v) is 3.58. The summed E-state index contributed by atoms with van der Waals surface area (Å²) in [6, 6.07) is 3.87. The minimum atomic E-state index is 0.0731. The predicted octanol–water partition coefficient (Wildman–Crippen LogP) is 0.472. The van der Waals surface area contributed by atoms with Gasteiger partial charge in [-0.25, -0.2) is 0 Å². The summed E-state index contributed by atoms with van der Waals surface area (Å²) in [5.41, 5.74) is 1.45. The van der Waals surface area contributed by atoms with Crippen molar-refractivity contribution in [3.63, 3.8) is 0 Å². The Morgan fingerprint density at radius 3 is 3.05 bits per heavy atom. The van der Waals surface area contributed by atoms with Crippen molar-refractivity contribution in [1.29, 1.82) is 0 Å². The largest absolute Gasteiger partial charge is 0.333 e. The number of aromatic nitrogens is 3. The normalized spacial score (nSPS) is 19.9. The molecule has 1 saturated heterocycles. The van der Waals surface area contributed by atoms with Gasteiger partial charge in [0.2, 0.25) is 0 Å². The summed E-state index contributed by atoms with van der Waals surface area (Å²) in [5.74, 6) is 0.863. The van der Waals surface area contributed by atoms with Crippen molar-refractivity contribution in [1.82, 2.24) is 24.8 Å². The van der Waals surface area contributed by atoms with Crippen LogP contribution in [0.2, 0.25) is 0 Å². The zero-order valence-electron chi connectivity index (χ0n) is 11.1. The van der Waals surface area contributed by atoms with Crippen LogP contribution in [0.15, 0.2) is 18.3 Å². The van der Waals surface area contributed by atoms with Gasteiger partial charge >= 0.3 is 0 Å². The van der Waals surface area contributed by atoms with Gasteiger partial charge in [-0.15, -0.1) is 10.2 Å². The molecule has 6 heteroatoms. The van der Waals surface area contributed by atoms with E-state index in [0.29, 0.717) is 5.56 Å². The lowest BCUT2D eigenvalue weighted by atomic mass is 10.1. The second-order valence-corrected chi connectivity index (χ2v) is 4.94. The molecule has 0 bridgehead atoms. The van der Waals surface area contributed by atoms with E-state index in [1.807, 2.05) is 34.6 Å². The first-order valence-electron chi connectivity index (χ1n) is 6.50. The van der Waals surface area contributed by atoms with Crippen molar-refractivity contribution >= 4 is 11.6 Å². The number of piperazine rings is 1. The van der Waals surface area contributed by atoms with Crippen molar-refractivity contribution in [2.75, 3.05) is 19.6 Å². The predicted molar refractivity (Wildman–Crippen MR) is 71.1 cm³/mol. The molecule has 0 saturated carbocycles. The number of hydrogen-bond donors (Lipinski definition) is 1. The Hall–Kier alpha value is -1.95. The molecule has 0 aromatic carbocycles. The average Bonchev–Trinajstić information content (AvgIpc) is 2.80. The fourth-order valence-corrected chi connectivity index (χ4v) is 2.44. The summed E-state index contributed by atoms with van der Waals surface area (Å²) in [6.07, 6.45) is 1.82. The lowest BCUT2D eigenvalue weighted by Gasteiger charge is -2.34. The summed E-state index contributed by atoms with van der Waals surface area (Å²) in [4.78, 5) is 14.4. The molecule has 1 atom stereocenters. The van der Waals surface area contributed by atoms with Gasteiger partial charge in [-0.2, -0.15) is 0 Å². The van der Waals surface area contributed by atoms with Crippen LogP contribution < -0.4 is 5.32 Å². The first kappa shape index (κ1) is 12.1. The van der Waals surface area contributed by atoms with Gasteiger partial charge in [0, 0.05) is 31.9 Å². The number of aryl methyl sites for hydroxylation is 1. The van der Waals surface area contributed by atoms with E-state index in [1.54, 1.807) is 0 Å². The van der Waals surface area contributed by atoms with E-state index in [0.717, 1.165) is 31.1 Å². The molecule has 3 rings (SSSR count). The molecule has 1 aliphatic heterocycles. The molecule has 0 unspecified atom stereocenters. The van der Waals surface area contributed by atoms with E-state index in [9.17, 15) is 4.79 Å². The molecule has 2 aromatic rings. The molecule has 1 N–H and O–H groups in total. The SMILES string of the molecule is Cc1nnc2ccc(C(=O)N3CCNC[C@H]3C)cn12. The molecule has 1 aliphatic rings. The highest BCUT2D eigenvalue weighted by Crippen LogP contribution is 2.12. The van der Waals surface area contributed by atoms with Crippen molar-refractivity contribution in [2.24, 2.45) is 0 Å². The van der Waals surface area contributed by atoms with Gasteiger partial charge in [0.1, 0.15) is 5.82 Å². The third kappa shape index (κ3) is 2.08. The molecule has 0 aliphatic carbocycles. The number of rotatable bonds is 1. The van der Waals surface area contributed by atoms with Crippen LogP contribution in [-0.4, -0.2) is 51.1 Å². The highest BCUT2D eigenvalue weighted by Gasteiger charge is 2.24. The Morgan fingerprint density at radius 1 is 1.42 bits per heavy atom. The molecule has 3 heterocycles. The zero-order chi connectivity index (χ0) is 13.4. The molecule has 6 nitrogen and oxygen atoms in total. The number of nitrogens with one attached hydrogen (secondary N) is 1. The summed E-state index contributed by atoms with van der Waals surface area (Å²) >= 11 is 0. The first-order valence-corrected chi connectivity index (χ1v) is 6.50. The fourth-order valence-electron chi connectivity index (χ4n) is 2.44. The van der Waals surface area contributed by atoms with E-state index in [1.165, 1.54) is 0 Å². The van der Waals surface area contributed by atoms with Crippen LogP contribution in [0.25, 0.3) is 5.65 Å². The molecule has 1 fully saturated rings. The number of carbonyl (C=O) groups excluding carboxylic acids is 1. The number of nitrogens with zero attached hydrogens (tertiary/aromatic N) is 4. The van der Waals surface area contributed by atoms with E-state index >= 15 is 0 Å². The quantitative estimate of drug-likeness (QED) is 0.808. The van der Waals surface area contributed by atoms with E-state index in [2.05, 4.69) is 22.4 Å². The Labute approximate surface area is 111 Å². The van der Waals surface area contributed by atoms with Gasteiger partial charge in [-0.1, -0.05) is 0 Å². The molecule has 2 aromatic heterocycles. The van der Waals surface area contributed by atoms with Crippen molar-refractivity contribution < 1.29 is 4.79 Å². The summed E-state index contributed by atoms with van der Waals surface area (Å²) < 4.78 is 1.85. The van der Waals surface area contributed by atoms with Crippen LogP contribution in [0.3, 0.4) is 0 Å². The van der Waals surface area contributed by atoms with Gasteiger partial charge in [-0.05, 0) is 26.0 Å². The van der Waals surface area contributed by atoms with Crippen LogP contribution in [-0.2, 0) is 0 Å². The number of pyridine rings is 1. The highest BCUT2D eigenvalue weighted by atomic mass is 16.2. The average molecular weight is 259 g/mol. The summed E-state index contributed by atoms with van der Waals surface area (Å²) in [7, 11) is 0. The highest BCUT2D eigenvalue weighted by molar-refractivity contribution is 5.94. The Balaban J connectivity index is 1.94. The Morgan fingerprint density at radius 2 is 2.26 bits per heavy atom. The lowest BCUT2D eigenvalue weighted by molar-refractivity contribution is 0.0655. The molecular formula is C13H17N5O. The molecule has 0 radical (unpaired) electrons. The van der Waals surface area contributed by atoms with Gasteiger partial charge in [0.25, 0.3) is 5.91 Å². The maximum Gasteiger partial charge on any atom is 0.255 e. The monoisotopic (exact) mass is 259 g/mol. The molecule has 19 heavy (non-hydrogen) atoms. The second-order valence-electron chi connectivity index (χ2n) is 4.94. The number of carbonyl (C=O) groups is 1. The van der Waals surface area contributed by atoms with E-state index < -0.39 is 0 Å². The second kappa shape index (κ2) is 4.62. The van der Waals surface area contributed by atoms with Crippen molar-refractivity contribution in [3.8, 4) is 0 Å². The third-order valence-electron chi connectivity index (χ3n) is 3.58. The van der Waals surface area contributed by atoms with Crippen LogP contribution in [0.4, 0.5) is 0 Å². The molecular weight excluding hydrogens is 242 g/mol. The van der Waals surface area contributed by atoms with Crippen molar-refractivity contribution in [2.45, 2.75) is 19.9 Å². The van der Waals surface area contributed by atoms with E-state index in [-0.39, 0.29) is 11.9 Å². The lowest BCUT2D eigenvalue weighted by Crippen LogP contribution is -2.52. The Bertz CT molecular complexity index is 621. The Kier molecular flexibility index (Phi) is 2.94. The van der Waals surface area contributed by atoms with Gasteiger partial charge < -0.3 is 10.2 Å². The number of amides is 1. The van der Waals surface area contributed by atoms with Gasteiger partial charge in [-0.3, -0.25) is 9.20 Å². The maximum absolute atomic E-state index is 12.5. The van der Waals surface area contributed by atoms with Crippen LogP contribution in [0.5, 0.6) is 0 Å². The fraction of sp³-hybridized carbons (Fsp3) is 0.462. The van der Waals surface area contributed by atoms with Crippen LogP contribution in [0, 0.1) is 6.92 Å². The van der Waals surface area contributed by atoms with Gasteiger partial charge in [0.15, 0.2) is 5.65 Å². The topological polar surface area (TPSA) is 62.5 Å². The molecule has 100 valence electrons. The van der Waals surface area contributed by atoms with Crippen LogP contribution in [0.1, 0.15) is 23.1 Å².